The van der Waals surface area contributed by atoms with E-state index in [1.54, 1.807) is 6.92 Å². The Kier molecular flexibility index (Phi) is 6.28. The van der Waals surface area contributed by atoms with E-state index in [1.165, 1.54) is 26.2 Å². The van der Waals surface area contributed by atoms with Gasteiger partial charge in [-0.15, -0.1) is 0 Å². The maximum Gasteiger partial charge on any atom is 0.330 e. The van der Waals surface area contributed by atoms with E-state index in [0.717, 1.165) is 0 Å². The molecule has 1 aromatic rings. The van der Waals surface area contributed by atoms with E-state index in [4.69, 9.17) is 18.9 Å². The highest BCUT2D eigenvalue weighted by Gasteiger charge is 2.84. The molecular weight excluding hydrogens is 568 g/mol. The summed E-state index contributed by atoms with van der Waals surface area (Å²) < 4.78 is 26.0. The van der Waals surface area contributed by atoms with Crippen LogP contribution in [0.3, 0.4) is 0 Å². The van der Waals surface area contributed by atoms with Gasteiger partial charge in [0.2, 0.25) is 5.78 Å². The van der Waals surface area contributed by atoms with Gasteiger partial charge in [-0.1, -0.05) is 32.1 Å². The fourth-order valence-electron chi connectivity index (χ4n) is 8.08. The molecule has 4 bridgehead atoms. The lowest BCUT2D eigenvalue weighted by molar-refractivity contribution is -0.190. The third kappa shape index (κ3) is 3.44. The van der Waals surface area contributed by atoms with Crippen LogP contribution in [0.4, 0.5) is 0 Å². The molecule has 7 rings (SSSR count). The van der Waals surface area contributed by atoms with E-state index < -0.39 is 63.5 Å². The fraction of sp³-hybridized carbons (Fsp3) is 0.559. The van der Waals surface area contributed by atoms with Crippen molar-refractivity contribution < 1.29 is 48.7 Å². The predicted octanol–water partition coefficient (Wildman–Crippen LogP) is 4.13. The number of ketones is 2. The maximum absolute atomic E-state index is 14.8. The molecule has 1 saturated heterocycles. The first-order chi connectivity index (χ1) is 20.3. The van der Waals surface area contributed by atoms with Gasteiger partial charge in [0, 0.05) is 53.6 Å². The first-order valence-electron chi connectivity index (χ1n) is 14.9. The number of hydrogen-bond acceptors (Lipinski definition) is 9. The van der Waals surface area contributed by atoms with Crippen molar-refractivity contribution in [3.8, 4) is 17.2 Å². The van der Waals surface area contributed by atoms with Crippen LogP contribution >= 0.6 is 0 Å². The molecular formula is C34H40O10. The SMILES string of the molecule is C=C(C)[C@@H](O)Cc1c(O)c2c(c3c1O[C@@H](C)C3(C)C)O[C@@]13C(=C[C@@]4(OC)C[C@@H]1C(C)(C)O[C@]3(C/C=C(/C)C(=O)O)C4=O)C2=O. The Hall–Kier alpha value is -3.47. The van der Waals surface area contributed by atoms with Crippen LogP contribution in [0.2, 0.25) is 0 Å². The van der Waals surface area contributed by atoms with Crippen LogP contribution in [0.5, 0.6) is 17.2 Å². The van der Waals surface area contributed by atoms with Crippen molar-refractivity contribution in [1.82, 2.24) is 0 Å². The van der Waals surface area contributed by atoms with E-state index in [2.05, 4.69) is 6.58 Å². The molecule has 44 heavy (non-hydrogen) atoms. The van der Waals surface area contributed by atoms with Crippen LogP contribution in [-0.2, 0) is 30.9 Å². The van der Waals surface area contributed by atoms with Crippen LogP contribution in [-0.4, -0.2) is 74.6 Å². The zero-order chi connectivity index (χ0) is 32.5. The quantitative estimate of drug-likeness (QED) is 0.305. The summed E-state index contributed by atoms with van der Waals surface area (Å²) in [4.78, 5) is 41.2. The standard InChI is InChI=1S/C34H40O10/c1-15(2)20(35)12-18-24(36)22-25(37)19-13-32(41-9)14-21-31(7,8)44-33(29(32)40,11-10-16(3)28(38)39)34(19,21)43-27(22)23-26(18)42-17(4)30(23,5)6/h10,13,17,20-21,35-36H,1,11-12,14H2,2-9H3,(H,38,39)/b16-10-/t17-,20-,21+,32+,33+,34-/m0/s1. The summed E-state index contributed by atoms with van der Waals surface area (Å²) in [5.74, 6) is -2.64. The highest BCUT2D eigenvalue weighted by atomic mass is 16.6. The molecule has 236 valence electrons. The molecule has 0 aromatic heterocycles. The van der Waals surface area contributed by atoms with Crippen molar-refractivity contribution in [1.29, 1.82) is 0 Å². The number of carbonyl (C=O) groups excluding carboxylic acids is 2. The van der Waals surface area contributed by atoms with E-state index in [9.17, 15) is 29.7 Å². The Morgan fingerprint density at radius 2 is 1.86 bits per heavy atom. The molecule has 6 atom stereocenters. The summed E-state index contributed by atoms with van der Waals surface area (Å²) in [6.07, 6.45) is 1.50. The van der Waals surface area contributed by atoms with Crippen LogP contribution in [0, 0.1) is 5.92 Å². The normalized spacial score (nSPS) is 34.4. The molecule has 1 saturated carbocycles. The van der Waals surface area contributed by atoms with Gasteiger partial charge in [-0.05, 0) is 47.1 Å². The molecule has 10 nitrogen and oxygen atoms in total. The summed E-state index contributed by atoms with van der Waals surface area (Å²) in [5.41, 5.74) is -5.32. The third-order valence-corrected chi connectivity index (χ3v) is 10.9. The number of aromatic hydroxyl groups is 1. The van der Waals surface area contributed by atoms with Gasteiger partial charge in [0.05, 0.1) is 11.7 Å². The van der Waals surface area contributed by atoms with Crippen LogP contribution in [0.1, 0.15) is 82.8 Å². The van der Waals surface area contributed by atoms with Crippen molar-refractivity contribution >= 4 is 17.5 Å². The molecule has 0 radical (unpaired) electrons. The fourth-order valence-corrected chi connectivity index (χ4v) is 8.08. The number of benzene rings is 1. The Labute approximate surface area is 256 Å². The van der Waals surface area contributed by atoms with E-state index in [0.29, 0.717) is 16.9 Å². The number of ether oxygens (including phenoxy) is 4. The Bertz CT molecular complexity index is 1630. The number of aliphatic hydroxyl groups is 1. The summed E-state index contributed by atoms with van der Waals surface area (Å²) in [5, 5.41) is 32.2. The molecule has 10 heteroatoms. The molecule has 1 spiro atoms. The Morgan fingerprint density at radius 3 is 2.45 bits per heavy atom. The number of Topliss-reactive ketones (excluding diaryl/α,β-unsaturated/α-hetero) is 2. The van der Waals surface area contributed by atoms with Crippen molar-refractivity contribution in [2.75, 3.05) is 7.11 Å². The molecule has 3 N–H and O–H groups in total. The topological polar surface area (TPSA) is 149 Å². The summed E-state index contributed by atoms with van der Waals surface area (Å²) in [6, 6.07) is 0. The van der Waals surface area contributed by atoms with Gasteiger partial charge in [0.1, 0.15) is 34.5 Å². The van der Waals surface area contributed by atoms with Crippen LogP contribution in [0.15, 0.2) is 35.5 Å². The molecule has 3 aliphatic carbocycles. The van der Waals surface area contributed by atoms with E-state index in [-0.39, 0.29) is 53.0 Å². The zero-order valence-corrected chi connectivity index (χ0v) is 26.4. The average Bonchev–Trinajstić information content (AvgIpc) is 3.27. The smallest absolute Gasteiger partial charge is 0.330 e. The van der Waals surface area contributed by atoms with Gasteiger partial charge in [-0.2, -0.15) is 0 Å². The van der Waals surface area contributed by atoms with Crippen LogP contribution in [0.25, 0.3) is 0 Å². The van der Waals surface area contributed by atoms with E-state index in [1.807, 2.05) is 34.6 Å². The summed E-state index contributed by atoms with van der Waals surface area (Å²) in [6.45, 7) is 16.4. The Morgan fingerprint density at radius 1 is 1.20 bits per heavy atom. The van der Waals surface area contributed by atoms with Gasteiger partial charge in [-0.3, -0.25) is 9.59 Å². The highest BCUT2D eigenvalue weighted by molar-refractivity contribution is 6.20. The number of carboxylic acids is 1. The number of carbonyl (C=O) groups is 3. The second-order valence-corrected chi connectivity index (χ2v) is 14.1. The second-order valence-electron chi connectivity index (χ2n) is 14.1. The number of rotatable bonds is 7. The number of carboxylic acid groups (broad SMARTS) is 1. The largest absolute Gasteiger partial charge is 0.507 e. The summed E-state index contributed by atoms with van der Waals surface area (Å²) in [7, 11) is 1.40. The second kappa shape index (κ2) is 9.05. The predicted molar refractivity (Wildman–Crippen MR) is 158 cm³/mol. The minimum atomic E-state index is -1.81. The first kappa shape index (κ1) is 30.6. The molecule has 0 unspecified atom stereocenters. The number of aliphatic carboxylic acids is 1. The van der Waals surface area contributed by atoms with Gasteiger partial charge < -0.3 is 34.3 Å². The molecule has 6 aliphatic rings. The van der Waals surface area contributed by atoms with E-state index >= 15 is 0 Å². The first-order valence-corrected chi connectivity index (χ1v) is 14.9. The highest BCUT2D eigenvalue weighted by Crippen LogP contribution is 2.70. The lowest BCUT2D eigenvalue weighted by atomic mass is 9.49. The van der Waals surface area contributed by atoms with Crippen molar-refractivity contribution in [2.45, 2.75) is 108 Å². The molecule has 1 aromatic carbocycles. The van der Waals surface area contributed by atoms with Gasteiger partial charge in [0.15, 0.2) is 17.0 Å². The summed E-state index contributed by atoms with van der Waals surface area (Å²) >= 11 is 0. The van der Waals surface area contributed by atoms with Crippen molar-refractivity contribution in [3.63, 3.8) is 0 Å². The number of aliphatic hydroxyl groups excluding tert-OH is 1. The van der Waals surface area contributed by atoms with Gasteiger partial charge in [0.25, 0.3) is 0 Å². The van der Waals surface area contributed by atoms with Crippen LogP contribution < -0.4 is 9.47 Å². The maximum atomic E-state index is 14.8. The molecule has 0 amide bonds. The lowest BCUT2D eigenvalue weighted by Gasteiger charge is -2.59. The number of fused-ring (bicyclic) bond motifs is 3. The third-order valence-electron chi connectivity index (χ3n) is 10.9. The number of hydrogen-bond donors (Lipinski definition) is 3. The zero-order valence-electron chi connectivity index (χ0n) is 26.4. The van der Waals surface area contributed by atoms with Gasteiger partial charge in [-0.25, -0.2) is 4.79 Å². The minimum absolute atomic E-state index is 0.0111. The average molecular weight is 609 g/mol. The monoisotopic (exact) mass is 608 g/mol. The number of phenols is 1. The van der Waals surface area contributed by atoms with Crippen molar-refractivity contribution in [3.05, 3.63) is 52.1 Å². The molecule has 3 aliphatic heterocycles. The van der Waals surface area contributed by atoms with Gasteiger partial charge >= 0.3 is 5.97 Å². The molecule has 3 heterocycles. The Balaban J connectivity index is 1.69. The lowest BCUT2D eigenvalue weighted by Crippen LogP contribution is -2.77. The number of phenolic OH excluding ortho intramolecular Hbond substituents is 1. The van der Waals surface area contributed by atoms with Crippen molar-refractivity contribution in [2.24, 2.45) is 5.92 Å². The molecule has 2 fully saturated rings. The number of methoxy groups -OCH3 is 1. The minimum Gasteiger partial charge on any atom is -0.507 e.